The van der Waals surface area contributed by atoms with Gasteiger partial charge in [0.05, 0.1) is 25.0 Å². The fourth-order valence-electron chi connectivity index (χ4n) is 2.53. The van der Waals surface area contributed by atoms with Crippen LogP contribution in [0.25, 0.3) is 11.4 Å². The molecule has 0 N–H and O–H groups in total. The van der Waals surface area contributed by atoms with E-state index in [1.165, 1.54) is 11.8 Å². The quantitative estimate of drug-likeness (QED) is 0.452. The third kappa shape index (κ3) is 3.98. The van der Waals surface area contributed by atoms with Gasteiger partial charge < -0.3 is 9.26 Å². The van der Waals surface area contributed by atoms with E-state index in [1.807, 2.05) is 54.6 Å². The van der Waals surface area contributed by atoms with E-state index in [-0.39, 0.29) is 0 Å². The Kier molecular flexibility index (Phi) is 5.10. The number of para-hydroxylation sites is 1. The molecule has 4 aromatic rings. The van der Waals surface area contributed by atoms with E-state index >= 15 is 0 Å². The predicted octanol–water partition coefficient (Wildman–Crippen LogP) is 3.07. The Labute approximate surface area is 159 Å². The van der Waals surface area contributed by atoms with Crippen molar-refractivity contribution in [3.63, 3.8) is 0 Å². The Morgan fingerprint density at radius 1 is 1.07 bits per heavy atom. The molecule has 0 aliphatic rings. The SMILES string of the molecule is COc1ccccc1-c1noc(CSc2nnnn2Cc2ccccc2)n1. The number of benzene rings is 2. The van der Waals surface area contributed by atoms with Gasteiger partial charge in [0.1, 0.15) is 5.75 Å². The molecule has 2 aromatic carbocycles. The number of aromatic nitrogens is 6. The lowest BCUT2D eigenvalue weighted by Gasteiger charge is -2.03. The molecule has 0 bridgehead atoms. The van der Waals surface area contributed by atoms with Crippen molar-refractivity contribution in [2.24, 2.45) is 0 Å². The molecule has 0 aliphatic carbocycles. The molecule has 9 heteroatoms. The molecule has 0 unspecified atom stereocenters. The van der Waals surface area contributed by atoms with E-state index in [1.54, 1.807) is 11.8 Å². The number of hydrogen-bond acceptors (Lipinski definition) is 8. The van der Waals surface area contributed by atoms with Crippen molar-refractivity contribution in [3.8, 4) is 17.1 Å². The zero-order valence-corrected chi connectivity index (χ0v) is 15.3. The van der Waals surface area contributed by atoms with Crippen LogP contribution in [-0.2, 0) is 12.3 Å². The Morgan fingerprint density at radius 3 is 2.74 bits per heavy atom. The smallest absolute Gasteiger partial charge is 0.237 e. The molecule has 0 spiro atoms. The highest BCUT2D eigenvalue weighted by Gasteiger charge is 2.15. The number of nitrogens with zero attached hydrogens (tertiary/aromatic N) is 6. The lowest BCUT2D eigenvalue weighted by atomic mass is 10.2. The average molecular weight is 380 g/mol. The summed E-state index contributed by atoms with van der Waals surface area (Å²) in [7, 11) is 1.61. The molecule has 136 valence electrons. The predicted molar refractivity (Wildman–Crippen MR) is 99.2 cm³/mol. The Balaban J connectivity index is 1.45. The maximum absolute atomic E-state index is 5.36. The van der Waals surface area contributed by atoms with Crippen molar-refractivity contribution < 1.29 is 9.26 Å². The van der Waals surface area contributed by atoms with Gasteiger partial charge in [-0.2, -0.15) is 4.98 Å². The summed E-state index contributed by atoms with van der Waals surface area (Å²) in [4.78, 5) is 4.45. The van der Waals surface area contributed by atoms with E-state index in [2.05, 4.69) is 25.7 Å². The third-order valence-electron chi connectivity index (χ3n) is 3.81. The van der Waals surface area contributed by atoms with Crippen LogP contribution < -0.4 is 4.74 Å². The summed E-state index contributed by atoms with van der Waals surface area (Å²) in [5.74, 6) is 2.16. The molecule has 0 fully saturated rings. The molecule has 8 nitrogen and oxygen atoms in total. The number of tetrazole rings is 1. The molecule has 0 saturated heterocycles. The fourth-order valence-corrected chi connectivity index (χ4v) is 3.25. The van der Waals surface area contributed by atoms with Gasteiger partial charge in [0, 0.05) is 0 Å². The van der Waals surface area contributed by atoms with Crippen LogP contribution in [0, 0.1) is 0 Å². The molecule has 2 heterocycles. The average Bonchev–Trinajstić information content (AvgIpc) is 3.36. The summed E-state index contributed by atoms with van der Waals surface area (Å²) >= 11 is 1.44. The summed E-state index contributed by atoms with van der Waals surface area (Å²) < 4.78 is 12.5. The van der Waals surface area contributed by atoms with Crippen LogP contribution in [0.2, 0.25) is 0 Å². The first kappa shape index (κ1) is 17.2. The van der Waals surface area contributed by atoms with Crippen molar-refractivity contribution >= 4 is 11.8 Å². The zero-order valence-electron chi connectivity index (χ0n) is 14.5. The first-order chi connectivity index (χ1) is 13.3. The van der Waals surface area contributed by atoms with Crippen LogP contribution in [0.15, 0.2) is 64.3 Å². The molecule has 0 aliphatic heterocycles. The fraction of sp³-hybridized carbons (Fsp3) is 0.167. The van der Waals surface area contributed by atoms with Crippen molar-refractivity contribution in [2.45, 2.75) is 17.5 Å². The maximum atomic E-state index is 5.36. The van der Waals surface area contributed by atoms with Gasteiger partial charge in [-0.1, -0.05) is 59.4 Å². The summed E-state index contributed by atoms with van der Waals surface area (Å²) in [5, 5.41) is 16.6. The van der Waals surface area contributed by atoms with Crippen LogP contribution >= 0.6 is 11.8 Å². The first-order valence-electron chi connectivity index (χ1n) is 8.22. The van der Waals surface area contributed by atoms with Gasteiger partial charge in [0.2, 0.25) is 16.9 Å². The van der Waals surface area contributed by atoms with Crippen molar-refractivity contribution in [1.82, 2.24) is 30.3 Å². The molecular weight excluding hydrogens is 364 g/mol. The van der Waals surface area contributed by atoms with Gasteiger partial charge in [-0.3, -0.25) is 0 Å². The van der Waals surface area contributed by atoms with Crippen LogP contribution in [-0.4, -0.2) is 37.5 Å². The van der Waals surface area contributed by atoms with Gasteiger partial charge in [-0.25, -0.2) is 4.68 Å². The first-order valence-corrected chi connectivity index (χ1v) is 9.21. The van der Waals surface area contributed by atoms with Gasteiger partial charge in [-0.05, 0) is 28.1 Å². The van der Waals surface area contributed by atoms with Crippen LogP contribution in [0.1, 0.15) is 11.5 Å². The Morgan fingerprint density at radius 2 is 1.89 bits per heavy atom. The zero-order chi connectivity index (χ0) is 18.5. The number of hydrogen-bond donors (Lipinski definition) is 0. The highest BCUT2D eigenvalue weighted by Crippen LogP contribution is 2.28. The highest BCUT2D eigenvalue weighted by atomic mass is 32.2. The lowest BCUT2D eigenvalue weighted by Crippen LogP contribution is -2.03. The number of thioether (sulfide) groups is 1. The summed E-state index contributed by atoms with van der Waals surface area (Å²) in [6.45, 7) is 0.604. The number of rotatable bonds is 7. The number of ether oxygens (including phenoxy) is 1. The van der Waals surface area contributed by atoms with Crippen molar-refractivity contribution in [1.29, 1.82) is 0 Å². The molecule has 0 radical (unpaired) electrons. The van der Waals surface area contributed by atoms with E-state index < -0.39 is 0 Å². The molecule has 27 heavy (non-hydrogen) atoms. The molecule has 0 saturated carbocycles. The van der Waals surface area contributed by atoms with Gasteiger partial charge >= 0.3 is 0 Å². The highest BCUT2D eigenvalue weighted by molar-refractivity contribution is 7.98. The number of methoxy groups -OCH3 is 1. The molecular formula is C18H16N6O2S. The van der Waals surface area contributed by atoms with Crippen LogP contribution in [0.3, 0.4) is 0 Å². The second kappa shape index (κ2) is 8.00. The summed E-state index contributed by atoms with van der Waals surface area (Å²) in [6, 6.07) is 17.6. The van der Waals surface area contributed by atoms with Gasteiger partial charge in [0.15, 0.2) is 0 Å². The molecule has 4 rings (SSSR count). The molecule has 0 atom stereocenters. The Bertz CT molecular complexity index is 1020. The van der Waals surface area contributed by atoms with Crippen LogP contribution in [0.4, 0.5) is 0 Å². The van der Waals surface area contributed by atoms with Gasteiger partial charge in [-0.15, -0.1) is 5.10 Å². The van der Waals surface area contributed by atoms with E-state index in [0.717, 1.165) is 11.1 Å². The standard InChI is InChI=1S/C18H16N6O2S/c1-25-15-10-6-5-9-14(15)17-19-16(26-21-17)12-27-18-20-22-23-24(18)11-13-7-3-2-4-8-13/h2-10H,11-12H2,1H3. The van der Waals surface area contributed by atoms with E-state index in [4.69, 9.17) is 9.26 Å². The van der Waals surface area contributed by atoms with Crippen molar-refractivity contribution in [2.75, 3.05) is 7.11 Å². The third-order valence-corrected chi connectivity index (χ3v) is 4.76. The van der Waals surface area contributed by atoms with E-state index in [9.17, 15) is 0 Å². The van der Waals surface area contributed by atoms with Gasteiger partial charge in [0.25, 0.3) is 0 Å². The minimum Gasteiger partial charge on any atom is -0.496 e. The molecule has 2 aromatic heterocycles. The van der Waals surface area contributed by atoms with Crippen molar-refractivity contribution in [3.05, 3.63) is 66.1 Å². The largest absolute Gasteiger partial charge is 0.496 e. The topological polar surface area (TPSA) is 91.8 Å². The second-order valence-corrected chi connectivity index (χ2v) is 6.55. The maximum Gasteiger partial charge on any atom is 0.237 e. The van der Waals surface area contributed by atoms with E-state index in [0.29, 0.717) is 34.9 Å². The Hall–Kier alpha value is -3.20. The molecule has 0 amide bonds. The summed E-state index contributed by atoms with van der Waals surface area (Å²) in [5.41, 5.74) is 1.91. The second-order valence-electron chi connectivity index (χ2n) is 5.61. The summed E-state index contributed by atoms with van der Waals surface area (Å²) in [6.07, 6.45) is 0. The normalized spacial score (nSPS) is 10.9. The minimum atomic E-state index is 0.470. The minimum absolute atomic E-state index is 0.470. The lowest BCUT2D eigenvalue weighted by molar-refractivity contribution is 0.390. The van der Waals surface area contributed by atoms with Crippen LogP contribution in [0.5, 0.6) is 5.75 Å². The monoisotopic (exact) mass is 380 g/mol.